The van der Waals surface area contributed by atoms with Crippen LogP contribution in [0.1, 0.15) is 48.1 Å². The average molecular weight is 422 g/mol. The number of benzene rings is 2. The van der Waals surface area contributed by atoms with Gasteiger partial charge in [0.25, 0.3) is 0 Å². The van der Waals surface area contributed by atoms with E-state index < -0.39 is 0 Å². The SMILES string of the molecule is COOc1c(C)c(CCc2ccc(CCCCCC(=O)OC)cc2)nc2ccccc12. The predicted octanol–water partition coefficient (Wildman–Crippen LogP) is 5.54. The second-order valence-corrected chi connectivity index (χ2v) is 7.73. The minimum absolute atomic E-state index is 0.124. The molecule has 0 saturated carbocycles. The lowest BCUT2D eigenvalue weighted by molar-refractivity contribution is -0.177. The van der Waals surface area contributed by atoms with Crippen LogP contribution >= 0.6 is 0 Å². The van der Waals surface area contributed by atoms with Crippen molar-refractivity contribution >= 4 is 16.9 Å². The zero-order valence-electron chi connectivity index (χ0n) is 18.6. The summed E-state index contributed by atoms with van der Waals surface area (Å²) in [5, 5.41) is 0.960. The number of carbonyl (C=O) groups excluding carboxylic acids is 1. The van der Waals surface area contributed by atoms with E-state index in [4.69, 9.17) is 14.8 Å². The Kier molecular flexibility index (Phi) is 8.42. The van der Waals surface area contributed by atoms with Gasteiger partial charge >= 0.3 is 5.97 Å². The maximum Gasteiger partial charge on any atom is 0.305 e. The molecule has 0 atom stereocenters. The first-order chi connectivity index (χ1) is 15.1. The standard InChI is InChI=1S/C26H31NO4/c1-19-23(27-24-11-8-7-10-22(24)26(19)31-30-3)18-17-21-15-13-20(14-16-21)9-5-4-6-12-25(28)29-2/h7-8,10-11,13-16H,4-6,9,12,17-18H2,1-3H3. The monoisotopic (exact) mass is 421 g/mol. The highest BCUT2D eigenvalue weighted by molar-refractivity contribution is 5.86. The van der Waals surface area contributed by atoms with Gasteiger partial charge in [0, 0.05) is 23.1 Å². The van der Waals surface area contributed by atoms with Gasteiger partial charge in [0.2, 0.25) is 0 Å². The van der Waals surface area contributed by atoms with Crippen molar-refractivity contribution < 1.29 is 19.3 Å². The molecule has 0 aliphatic heterocycles. The molecule has 0 saturated heterocycles. The zero-order chi connectivity index (χ0) is 22.1. The van der Waals surface area contributed by atoms with Crippen LogP contribution in [0, 0.1) is 6.92 Å². The minimum Gasteiger partial charge on any atom is -0.469 e. The first-order valence-corrected chi connectivity index (χ1v) is 10.9. The van der Waals surface area contributed by atoms with E-state index in [2.05, 4.69) is 29.0 Å². The Balaban J connectivity index is 1.57. The summed E-state index contributed by atoms with van der Waals surface area (Å²) in [4.78, 5) is 26.4. The molecule has 0 amide bonds. The Morgan fingerprint density at radius 3 is 2.29 bits per heavy atom. The number of para-hydroxylation sites is 1. The molecule has 1 heterocycles. The van der Waals surface area contributed by atoms with Crippen LogP contribution in [0.2, 0.25) is 0 Å². The van der Waals surface area contributed by atoms with E-state index in [1.807, 2.05) is 31.2 Å². The third kappa shape index (κ3) is 6.28. The van der Waals surface area contributed by atoms with Crippen LogP contribution in [0.15, 0.2) is 48.5 Å². The van der Waals surface area contributed by atoms with Crippen molar-refractivity contribution in [2.24, 2.45) is 0 Å². The molecular formula is C26H31NO4. The second-order valence-electron chi connectivity index (χ2n) is 7.73. The van der Waals surface area contributed by atoms with Gasteiger partial charge < -0.3 is 9.62 Å². The Hall–Kier alpha value is -2.92. The van der Waals surface area contributed by atoms with Gasteiger partial charge in [-0.3, -0.25) is 9.78 Å². The predicted molar refractivity (Wildman–Crippen MR) is 122 cm³/mol. The van der Waals surface area contributed by atoms with Crippen LogP contribution in [-0.2, 0) is 33.7 Å². The number of ether oxygens (including phenoxy) is 1. The van der Waals surface area contributed by atoms with Crippen molar-refractivity contribution in [2.45, 2.75) is 51.9 Å². The number of unbranched alkanes of at least 4 members (excludes halogenated alkanes) is 2. The topological polar surface area (TPSA) is 57.7 Å². The van der Waals surface area contributed by atoms with Crippen molar-refractivity contribution in [2.75, 3.05) is 14.2 Å². The maximum atomic E-state index is 11.1. The molecule has 0 aliphatic rings. The summed E-state index contributed by atoms with van der Waals surface area (Å²) in [5.41, 5.74) is 5.58. The lowest BCUT2D eigenvalue weighted by Gasteiger charge is -2.13. The number of pyridine rings is 1. The number of fused-ring (bicyclic) bond motifs is 1. The number of rotatable bonds is 11. The van der Waals surface area contributed by atoms with E-state index in [1.54, 1.807) is 0 Å². The van der Waals surface area contributed by atoms with Crippen molar-refractivity contribution in [1.29, 1.82) is 0 Å². The smallest absolute Gasteiger partial charge is 0.305 e. The molecule has 31 heavy (non-hydrogen) atoms. The second kappa shape index (κ2) is 11.5. The number of carbonyl (C=O) groups is 1. The summed E-state index contributed by atoms with van der Waals surface area (Å²) in [6.45, 7) is 2.03. The molecule has 5 nitrogen and oxygen atoms in total. The Labute approximate surface area is 184 Å². The Bertz CT molecular complexity index is 998. The molecule has 0 bridgehead atoms. The van der Waals surface area contributed by atoms with Crippen molar-refractivity contribution in [3.63, 3.8) is 0 Å². The van der Waals surface area contributed by atoms with Gasteiger partial charge in [0.1, 0.15) is 0 Å². The van der Waals surface area contributed by atoms with Gasteiger partial charge in [-0.05, 0) is 62.3 Å². The molecule has 164 valence electrons. The molecule has 3 rings (SSSR count). The fraction of sp³-hybridized carbons (Fsp3) is 0.385. The highest BCUT2D eigenvalue weighted by atomic mass is 17.2. The number of hydrogen-bond donors (Lipinski definition) is 0. The zero-order valence-corrected chi connectivity index (χ0v) is 18.6. The van der Waals surface area contributed by atoms with Gasteiger partial charge in [-0.25, -0.2) is 0 Å². The fourth-order valence-corrected chi connectivity index (χ4v) is 3.77. The molecule has 0 spiro atoms. The molecule has 0 aliphatic carbocycles. The average Bonchev–Trinajstić information content (AvgIpc) is 2.80. The maximum absolute atomic E-state index is 11.1. The van der Waals surface area contributed by atoms with Gasteiger partial charge in [0.15, 0.2) is 5.75 Å². The molecule has 0 fully saturated rings. The van der Waals surface area contributed by atoms with E-state index in [1.165, 1.54) is 25.3 Å². The normalized spacial score (nSPS) is 10.9. The lowest BCUT2D eigenvalue weighted by Crippen LogP contribution is -2.03. The minimum atomic E-state index is -0.124. The summed E-state index contributed by atoms with van der Waals surface area (Å²) in [5.74, 6) is 0.618. The molecule has 3 aromatic rings. The van der Waals surface area contributed by atoms with E-state index in [9.17, 15) is 4.79 Å². The summed E-state index contributed by atoms with van der Waals surface area (Å²) in [6.07, 6.45) is 6.30. The highest BCUT2D eigenvalue weighted by Crippen LogP contribution is 2.31. The fourth-order valence-electron chi connectivity index (χ4n) is 3.77. The Morgan fingerprint density at radius 1 is 0.871 bits per heavy atom. The summed E-state index contributed by atoms with van der Waals surface area (Å²) >= 11 is 0. The number of esters is 1. The number of hydrogen-bond acceptors (Lipinski definition) is 5. The van der Waals surface area contributed by atoms with Gasteiger partial charge in [-0.15, -0.1) is 0 Å². The molecule has 5 heteroatoms. The first-order valence-electron chi connectivity index (χ1n) is 10.9. The van der Waals surface area contributed by atoms with Gasteiger partial charge in [-0.1, -0.05) is 42.8 Å². The summed E-state index contributed by atoms with van der Waals surface area (Å²) < 4.78 is 4.67. The van der Waals surface area contributed by atoms with Gasteiger partial charge in [-0.2, -0.15) is 4.89 Å². The number of methoxy groups -OCH3 is 1. The summed E-state index contributed by atoms with van der Waals surface area (Å²) in [6, 6.07) is 16.8. The molecule has 0 radical (unpaired) electrons. The third-order valence-electron chi connectivity index (χ3n) is 5.59. The molecule has 2 aromatic carbocycles. The third-order valence-corrected chi connectivity index (χ3v) is 5.59. The van der Waals surface area contributed by atoms with E-state index in [0.717, 1.165) is 66.4 Å². The first kappa shape index (κ1) is 22.8. The molecular weight excluding hydrogens is 390 g/mol. The van der Waals surface area contributed by atoms with Crippen LogP contribution in [0.4, 0.5) is 0 Å². The molecule has 0 unspecified atom stereocenters. The van der Waals surface area contributed by atoms with E-state index in [-0.39, 0.29) is 5.97 Å². The highest BCUT2D eigenvalue weighted by Gasteiger charge is 2.14. The van der Waals surface area contributed by atoms with Gasteiger partial charge in [0.05, 0.1) is 19.7 Å². The number of nitrogens with zero attached hydrogens (tertiary/aromatic N) is 1. The van der Waals surface area contributed by atoms with Crippen molar-refractivity contribution in [3.8, 4) is 5.75 Å². The number of aryl methyl sites for hydroxylation is 3. The van der Waals surface area contributed by atoms with Crippen LogP contribution in [-0.4, -0.2) is 25.2 Å². The molecule has 1 aromatic heterocycles. The van der Waals surface area contributed by atoms with Crippen LogP contribution in [0.3, 0.4) is 0 Å². The Morgan fingerprint density at radius 2 is 1.58 bits per heavy atom. The van der Waals surface area contributed by atoms with E-state index >= 15 is 0 Å². The largest absolute Gasteiger partial charge is 0.469 e. The quantitative estimate of drug-likeness (QED) is 0.176. The number of aromatic nitrogens is 1. The summed E-state index contributed by atoms with van der Waals surface area (Å²) in [7, 11) is 2.96. The van der Waals surface area contributed by atoms with Crippen LogP contribution < -0.4 is 4.89 Å². The van der Waals surface area contributed by atoms with Crippen LogP contribution in [0.5, 0.6) is 5.75 Å². The van der Waals surface area contributed by atoms with Crippen molar-refractivity contribution in [3.05, 3.63) is 70.9 Å². The molecule has 0 N–H and O–H groups in total. The lowest BCUT2D eigenvalue weighted by atomic mass is 10.0. The van der Waals surface area contributed by atoms with Crippen molar-refractivity contribution in [1.82, 2.24) is 4.98 Å². The van der Waals surface area contributed by atoms with Crippen LogP contribution in [0.25, 0.3) is 10.9 Å². The van der Waals surface area contributed by atoms with E-state index in [0.29, 0.717) is 6.42 Å².